The second-order valence-electron chi connectivity index (χ2n) is 14.0. The van der Waals surface area contributed by atoms with E-state index < -0.39 is 29.6 Å². The minimum Gasteiger partial charge on any atom is -0.459 e. The lowest BCUT2D eigenvalue weighted by atomic mass is 9.87. The van der Waals surface area contributed by atoms with Crippen molar-refractivity contribution in [2.24, 2.45) is 12.5 Å². The number of hydrogen-bond acceptors (Lipinski definition) is 6. The summed E-state index contributed by atoms with van der Waals surface area (Å²) >= 11 is 0. The molecular formula is C35H54N5O5+. The minimum absolute atomic E-state index is 0.266. The van der Waals surface area contributed by atoms with E-state index in [1.165, 1.54) is 0 Å². The molecule has 248 valence electrons. The molecule has 0 bridgehead atoms. The predicted molar refractivity (Wildman–Crippen MR) is 175 cm³/mol. The lowest BCUT2D eigenvalue weighted by molar-refractivity contribution is -0.671. The number of rotatable bonds is 15. The van der Waals surface area contributed by atoms with Gasteiger partial charge >= 0.3 is 5.97 Å². The highest BCUT2D eigenvalue weighted by molar-refractivity contribution is 5.98. The molecule has 3 amide bonds. The van der Waals surface area contributed by atoms with Crippen molar-refractivity contribution < 1.29 is 28.5 Å². The maximum Gasteiger partial charge on any atom is 0.323 e. The number of ether oxygens (including phenoxy) is 1. The maximum atomic E-state index is 13.7. The molecule has 0 aliphatic heterocycles. The Hall–Kier alpha value is -3.79. The molecule has 0 unspecified atom stereocenters. The largest absolute Gasteiger partial charge is 0.459 e. The van der Waals surface area contributed by atoms with Gasteiger partial charge in [0.2, 0.25) is 11.8 Å². The lowest BCUT2D eigenvalue weighted by Crippen LogP contribution is -2.57. The van der Waals surface area contributed by atoms with E-state index in [1.54, 1.807) is 31.5 Å². The van der Waals surface area contributed by atoms with Crippen LogP contribution < -0.4 is 25.8 Å². The molecule has 1 heterocycles. The van der Waals surface area contributed by atoms with Crippen LogP contribution >= 0.6 is 0 Å². The van der Waals surface area contributed by atoms with Crippen LogP contribution in [0.1, 0.15) is 90.6 Å². The third-order valence-corrected chi connectivity index (χ3v) is 6.99. The van der Waals surface area contributed by atoms with E-state index in [2.05, 4.69) is 21.3 Å². The van der Waals surface area contributed by atoms with Crippen molar-refractivity contribution in [2.75, 3.05) is 6.54 Å². The number of esters is 1. The van der Waals surface area contributed by atoms with Crippen LogP contribution in [0.4, 0.5) is 0 Å². The van der Waals surface area contributed by atoms with Crippen LogP contribution in [0.3, 0.4) is 0 Å². The average Bonchev–Trinajstić information content (AvgIpc) is 2.94. The highest BCUT2D eigenvalue weighted by atomic mass is 16.6. The quantitative estimate of drug-likeness (QED) is 0.178. The highest BCUT2D eigenvalue weighted by Crippen LogP contribution is 2.21. The fraction of sp³-hybridized carbons (Fsp3) is 0.571. The first-order chi connectivity index (χ1) is 21.0. The van der Waals surface area contributed by atoms with Crippen molar-refractivity contribution >= 4 is 23.7 Å². The Labute approximate surface area is 269 Å². The second kappa shape index (κ2) is 17.1. The van der Waals surface area contributed by atoms with Gasteiger partial charge in [0.25, 0.3) is 5.91 Å². The van der Waals surface area contributed by atoms with E-state index in [9.17, 15) is 19.2 Å². The van der Waals surface area contributed by atoms with Crippen molar-refractivity contribution in [3.8, 4) is 0 Å². The number of nitrogens with zero attached hydrogens (tertiary/aromatic N) is 1. The lowest BCUT2D eigenvalue weighted by Gasteiger charge is -2.29. The van der Waals surface area contributed by atoms with E-state index in [1.807, 2.05) is 90.4 Å². The van der Waals surface area contributed by atoms with Gasteiger partial charge in [-0.15, -0.1) is 0 Å². The molecule has 2 rings (SSSR count). The molecule has 10 heteroatoms. The molecule has 45 heavy (non-hydrogen) atoms. The molecule has 10 nitrogen and oxygen atoms in total. The van der Waals surface area contributed by atoms with Gasteiger partial charge in [0.1, 0.15) is 30.8 Å². The SMILES string of the molecule is CCC[C@H](NC(=O)[C@H](CC(C)(C)C)NC(=O)c1cc[n+](C)cc1)C(=O)N[C@H](CN[C@@H](C)C(=O)OC(C)(C)C)Cc1ccccc1. The van der Waals surface area contributed by atoms with Crippen LogP contribution in [0.2, 0.25) is 0 Å². The van der Waals surface area contributed by atoms with E-state index in [0.717, 1.165) is 5.56 Å². The first-order valence-electron chi connectivity index (χ1n) is 15.8. The molecule has 0 fully saturated rings. The van der Waals surface area contributed by atoms with Crippen LogP contribution in [-0.2, 0) is 32.6 Å². The Bertz CT molecular complexity index is 1250. The van der Waals surface area contributed by atoms with Gasteiger partial charge in [-0.25, -0.2) is 4.57 Å². The van der Waals surface area contributed by atoms with Gasteiger partial charge < -0.3 is 26.0 Å². The Balaban J connectivity index is 2.19. The van der Waals surface area contributed by atoms with Crippen LogP contribution in [0.5, 0.6) is 0 Å². The van der Waals surface area contributed by atoms with Crippen molar-refractivity contribution in [3.05, 3.63) is 66.0 Å². The van der Waals surface area contributed by atoms with Crippen molar-refractivity contribution in [3.63, 3.8) is 0 Å². The number of carbonyl (C=O) groups excluding carboxylic acids is 4. The fourth-order valence-corrected chi connectivity index (χ4v) is 4.71. The number of aryl methyl sites for hydroxylation is 1. The van der Waals surface area contributed by atoms with Crippen molar-refractivity contribution in [2.45, 2.75) is 111 Å². The zero-order valence-corrected chi connectivity index (χ0v) is 28.5. The third-order valence-electron chi connectivity index (χ3n) is 6.99. The molecule has 0 aliphatic carbocycles. The van der Waals surface area contributed by atoms with E-state index in [4.69, 9.17) is 4.74 Å². The summed E-state index contributed by atoms with van der Waals surface area (Å²) in [6, 6.07) is 10.5. The number of carbonyl (C=O) groups is 4. The normalized spacial score (nSPS) is 14.4. The zero-order valence-electron chi connectivity index (χ0n) is 28.5. The summed E-state index contributed by atoms with van der Waals surface area (Å²) in [5, 5.41) is 12.1. The number of aromatic nitrogens is 1. The third kappa shape index (κ3) is 14.2. The molecule has 0 spiro atoms. The fourth-order valence-electron chi connectivity index (χ4n) is 4.71. The molecule has 1 aromatic heterocycles. The maximum absolute atomic E-state index is 13.7. The topological polar surface area (TPSA) is 130 Å². The standard InChI is InChI=1S/C35H53N5O5/c1-10-14-28(38-32(43)29(22-34(3,4)5)39-30(41)26-17-19-40(9)20-18-26)31(42)37-27(21-25-15-12-11-13-16-25)23-36-24(2)33(44)45-35(6,7)8/h11-13,15-20,24,27-29,36H,10,14,21-23H2,1-9H3,(H2-,37,38,39,41,42,43)/p+1/t24-,27-,28-,29-/m0/s1. The van der Waals surface area contributed by atoms with E-state index in [0.29, 0.717) is 37.8 Å². The molecule has 0 aliphatic rings. The van der Waals surface area contributed by atoms with Gasteiger partial charge in [-0.1, -0.05) is 64.4 Å². The van der Waals surface area contributed by atoms with E-state index in [-0.39, 0.29) is 29.2 Å². The second-order valence-corrected chi connectivity index (χ2v) is 14.0. The molecule has 0 saturated carbocycles. The molecular weight excluding hydrogens is 570 g/mol. The summed E-state index contributed by atoms with van der Waals surface area (Å²) in [5.41, 5.74) is 0.588. The summed E-state index contributed by atoms with van der Waals surface area (Å²) < 4.78 is 7.32. The summed E-state index contributed by atoms with van der Waals surface area (Å²) in [7, 11) is 1.86. The summed E-state index contributed by atoms with van der Waals surface area (Å²) in [6.45, 7) is 15.4. The number of benzene rings is 1. The van der Waals surface area contributed by atoms with Gasteiger partial charge in [-0.05, 0) is 57.9 Å². The Morgan fingerprint density at radius 2 is 1.44 bits per heavy atom. The minimum atomic E-state index is -0.838. The number of nitrogens with one attached hydrogen (secondary N) is 4. The number of amides is 3. The Morgan fingerprint density at radius 3 is 2.00 bits per heavy atom. The van der Waals surface area contributed by atoms with Gasteiger partial charge in [0.05, 0.1) is 5.56 Å². The molecule has 4 N–H and O–H groups in total. The molecule has 2 aromatic rings. The zero-order chi connectivity index (χ0) is 33.8. The van der Waals surface area contributed by atoms with Gasteiger partial charge in [0, 0.05) is 24.7 Å². The van der Waals surface area contributed by atoms with Gasteiger partial charge in [-0.3, -0.25) is 19.2 Å². The Morgan fingerprint density at radius 1 is 0.844 bits per heavy atom. The first kappa shape index (κ1) is 37.4. The molecule has 0 saturated heterocycles. The van der Waals surface area contributed by atoms with Crippen molar-refractivity contribution in [1.82, 2.24) is 21.3 Å². The Kier molecular flexibility index (Phi) is 14.2. The average molecular weight is 625 g/mol. The van der Waals surface area contributed by atoms with E-state index >= 15 is 0 Å². The van der Waals surface area contributed by atoms with Crippen LogP contribution in [0, 0.1) is 5.41 Å². The summed E-state index contributed by atoms with van der Waals surface area (Å²) in [6.07, 6.45) is 5.52. The predicted octanol–water partition coefficient (Wildman–Crippen LogP) is 3.38. The number of hydrogen-bond donors (Lipinski definition) is 4. The van der Waals surface area contributed by atoms with Crippen LogP contribution in [0.15, 0.2) is 54.9 Å². The monoisotopic (exact) mass is 624 g/mol. The molecule has 1 aromatic carbocycles. The highest BCUT2D eigenvalue weighted by Gasteiger charge is 2.31. The van der Waals surface area contributed by atoms with Crippen LogP contribution in [0.25, 0.3) is 0 Å². The van der Waals surface area contributed by atoms with Gasteiger partial charge in [0.15, 0.2) is 12.4 Å². The van der Waals surface area contributed by atoms with Crippen LogP contribution in [-0.4, -0.2) is 60.0 Å². The van der Waals surface area contributed by atoms with Crippen molar-refractivity contribution in [1.29, 1.82) is 0 Å². The molecule has 4 atom stereocenters. The smallest absolute Gasteiger partial charge is 0.323 e. The van der Waals surface area contributed by atoms with Gasteiger partial charge in [-0.2, -0.15) is 0 Å². The summed E-state index contributed by atoms with van der Waals surface area (Å²) in [4.78, 5) is 52.9. The molecule has 0 radical (unpaired) electrons. The first-order valence-corrected chi connectivity index (χ1v) is 15.8. The number of pyridine rings is 1. The summed E-state index contributed by atoms with van der Waals surface area (Å²) in [5.74, 6) is -1.47.